The van der Waals surface area contributed by atoms with Gasteiger partial charge >= 0.3 is 0 Å². The molecule has 2 aliphatic rings. The van der Waals surface area contributed by atoms with E-state index in [1.54, 1.807) is 0 Å². The highest BCUT2D eigenvalue weighted by molar-refractivity contribution is 6.04. The summed E-state index contributed by atoms with van der Waals surface area (Å²) in [5.41, 5.74) is 10.1. The summed E-state index contributed by atoms with van der Waals surface area (Å²) in [6.45, 7) is 6.97. The van der Waals surface area contributed by atoms with Gasteiger partial charge in [-0.15, -0.1) is 0 Å². The van der Waals surface area contributed by atoms with Crippen molar-refractivity contribution >= 4 is 23.1 Å². The van der Waals surface area contributed by atoms with Gasteiger partial charge in [0.25, 0.3) is 0 Å². The molecule has 31 heavy (non-hydrogen) atoms. The van der Waals surface area contributed by atoms with E-state index in [2.05, 4.69) is 51.3 Å². The Hall–Kier alpha value is -2.80. The Morgan fingerprint density at radius 1 is 1.13 bits per heavy atom. The molecule has 3 N–H and O–H groups in total. The van der Waals surface area contributed by atoms with Gasteiger partial charge in [0.1, 0.15) is 5.69 Å². The molecule has 1 aromatic carbocycles. The second-order valence-electron chi connectivity index (χ2n) is 8.50. The number of hydrogen-bond donors (Lipinski definition) is 2. The SMILES string of the molecule is CCCCOc1cc2c(c(N)n1)NC(=O)CN2Cc1cccc(CN2CCCCC2)c1. The standard InChI is InChI=1S/C24H33N5O2/c1-2-3-12-31-22-14-20-23(24(25)27-22)26-21(30)17-29(20)16-19-9-7-8-18(13-19)15-28-10-5-4-6-11-28/h7-9,13-14H,2-6,10-12,15-17H2,1H3,(H2,25,27)(H,26,30). The van der Waals surface area contributed by atoms with Crippen LogP contribution >= 0.6 is 0 Å². The Morgan fingerprint density at radius 2 is 1.90 bits per heavy atom. The fourth-order valence-electron chi connectivity index (χ4n) is 4.30. The topological polar surface area (TPSA) is 83.7 Å². The van der Waals surface area contributed by atoms with E-state index in [1.807, 2.05) is 6.07 Å². The number of likely N-dealkylation sites (tertiary alicyclic amines) is 1. The molecule has 1 amide bonds. The summed E-state index contributed by atoms with van der Waals surface area (Å²) in [4.78, 5) is 21.2. The molecule has 2 aliphatic heterocycles. The van der Waals surface area contributed by atoms with Crippen LogP contribution in [0.5, 0.6) is 5.88 Å². The van der Waals surface area contributed by atoms with Gasteiger partial charge < -0.3 is 20.7 Å². The number of nitrogens with one attached hydrogen (secondary N) is 1. The summed E-state index contributed by atoms with van der Waals surface area (Å²) in [5.74, 6) is 0.718. The predicted molar refractivity (Wildman–Crippen MR) is 124 cm³/mol. The number of nitrogen functional groups attached to an aromatic ring is 1. The Morgan fingerprint density at radius 3 is 2.68 bits per heavy atom. The Labute approximate surface area is 184 Å². The largest absolute Gasteiger partial charge is 0.478 e. The summed E-state index contributed by atoms with van der Waals surface area (Å²) in [6, 6.07) is 10.6. The number of amides is 1. The molecule has 0 saturated carbocycles. The first-order valence-electron chi connectivity index (χ1n) is 11.4. The minimum atomic E-state index is -0.0786. The van der Waals surface area contributed by atoms with E-state index in [-0.39, 0.29) is 12.5 Å². The van der Waals surface area contributed by atoms with Crippen LogP contribution in [0.4, 0.5) is 17.2 Å². The molecule has 2 aromatic rings. The third kappa shape index (κ3) is 5.47. The van der Waals surface area contributed by atoms with Gasteiger partial charge in [-0.2, -0.15) is 4.98 Å². The van der Waals surface area contributed by atoms with Gasteiger partial charge in [0.05, 0.1) is 18.8 Å². The molecular formula is C24H33N5O2. The lowest BCUT2D eigenvalue weighted by molar-refractivity contribution is -0.115. The van der Waals surface area contributed by atoms with Crippen LogP contribution < -0.4 is 20.7 Å². The number of unbranched alkanes of at least 4 members (excludes halogenated alkanes) is 1. The highest BCUT2D eigenvalue weighted by Gasteiger charge is 2.26. The monoisotopic (exact) mass is 423 g/mol. The Bertz CT molecular complexity index is 911. The average Bonchev–Trinajstić information content (AvgIpc) is 2.76. The van der Waals surface area contributed by atoms with Crippen molar-refractivity contribution in [1.29, 1.82) is 0 Å². The molecule has 0 bridgehead atoms. The van der Waals surface area contributed by atoms with Crippen LogP contribution in [0.2, 0.25) is 0 Å². The maximum atomic E-state index is 12.3. The number of rotatable bonds is 8. The number of ether oxygens (including phenoxy) is 1. The molecule has 0 unspecified atom stereocenters. The van der Waals surface area contributed by atoms with Crippen molar-refractivity contribution in [3.8, 4) is 5.88 Å². The molecule has 7 heteroatoms. The number of nitrogens with zero attached hydrogens (tertiary/aromatic N) is 3. The van der Waals surface area contributed by atoms with Crippen molar-refractivity contribution in [2.45, 2.75) is 52.1 Å². The molecule has 0 radical (unpaired) electrons. The number of pyridine rings is 1. The lowest BCUT2D eigenvalue weighted by Gasteiger charge is -2.32. The Kier molecular flexibility index (Phi) is 6.92. The van der Waals surface area contributed by atoms with Crippen LogP contribution in [0.15, 0.2) is 30.3 Å². The molecule has 1 saturated heterocycles. The number of anilines is 3. The summed E-state index contributed by atoms with van der Waals surface area (Å²) in [5, 5.41) is 2.87. The highest BCUT2D eigenvalue weighted by atomic mass is 16.5. The smallest absolute Gasteiger partial charge is 0.244 e. The number of aromatic nitrogens is 1. The van der Waals surface area contributed by atoms with Gasteiger partial charge in [0.2, 0.25) is 11.8 Å². The quantitative estimate of drug-likeness (QED) is 0.629. The molecule has 0 atom stereocenters. The van der Waals surface area contributed by atoms with Crippen molar-refractivity contribution in [3.63, 3.8) is 0 Å². The van der Waals surface area contributed by atoms with Crippen LogP contribution in [-0.2, 0) is 17.9 Å². The number of benzene rings is 1. The van der Waals surface area contributed by atoms with E-state index in [9.17, 15) is 4.79 Å². The zero-order valence-electron chi connectivity index (χ0n) is 18.4. The number of piperidine rings is 1. The normalized spacial score (nSPS) is 16.7. The van der Waals surface area contributed by atoms with Crippen LogP contribution in [0.1, 0.15) is 50.2 Å². The van der Waals surface area contributed by atoms with Gasteiger partial charge in [-0.3, -0.25) is 9.69 Å². The summed E-state index contributed by atoms with van der Waals surface area (Å²) >= 11 is 0. The highest BCUT2D eigenvalue weighted by Crippen LogP contribution is 2.37. The fraction of sp³-hybridized carbons (Fsp3) is 0.500. The maximum absolute atomic E-state index is 12.3. The maximum Gasteiger partial charge on any atom is 0.244 e. The third-order valence-corrected chi connectivity index (χ3v) is 5.91. The summed E-state index contributed by atoms with van der Waals surface area (Å²) in [7, 11) is 0. The van der Waals surface area contributed by atoms with E-state index < -0.39 is 0 Å². The van der Waals surface area contributed by atoms with Crippen LogP contribution in [0, 0.1) is 0 Å². The molecule has 4 rings (SSSR count). The van der Waals surface area contributed by atoms with E-state index in [4.69, 9.17) is 10.5 Å². The Balaban J connectivity index is 1.52. The molecule has 0 spiro atoms. The van der Waals surface area contributed by atoms with Gasteiger partial charge in [0.15, 0.2) is 5.82 Å². The van der Waals surface area contributed by atoms with E-state index in [1.165, 1.54) is 43.5 Å². The van der Waals surface area contributed by atoms with Crippen molar-refractivity contribution in [3.05, 3.63) is 41.5 Å². The van der Waals surface area contributed by atoms with Gasteiger partial charge in [-0.25, -0.2) is 0 Å². The van der Waals surface area contributed by atoms with Crippen LogP contribution in [0.25, 0.3) is 0 Å². The molecular weight excluding hydrogens is 390 g/mol. The number of nitrogens with two attached hydrogens (primary N) is 1. The first-order valence-corrected chi connectivity index (χ1v) is 11.4. The fourth-order valence-corrected chi connectivity index (χ4v) is 4.30. The van der Waals surface area contributed by atoms with Crippen molar-refractivity contribution in [2.24, 2.45) is 0 Å². The zero-order valence-corrected chi connectivity index (χ0v) is 18.4. The van der Waals surface area contributed by atoms with Crippen molar-refractivity contribution < 1.29 is 9.53 Å². The molecule has 166 valence electrons. The van der Waals surface area contributed by atoms with Gasteiger partial charge in [0, 0.05) is 19.2 Å². The first-order chi connectivity index (χ1) is 15.1. The van der Waals surface area contributed by atoms with Crippen LogP contribution in [-0.4, -0.2) is 42.0 Å². The predicted octanol–water partition coefficient (Wildman–Crippen LogP) is 3.79. The molecule has 1 aromatic heterocycles. The van der Waals surface area contributed by atoms with Gasteiger partial charge in [-0.1, -0.05) is 44.0 Å². The zero-order chi connectivity index (χ0) is 21.6. The lowest BCUT2D eigenvalue weighted by atomic mass is 10.1. The van der Waals surface area contributed by atoms with Crippen molar-refractivity contribution in [2.75, 3.05) is 42.2 Å². The number of hydrogen-bond acceptors (Lipinski definition) is 6. The molecule has 0 aliphatic carbocycles. The summed E-state index contributed by atoms with van der Waals surface area (Å²) in [6.07, 6.45) is 5.93. The average molecular weight is 424 g/mol. The first kappa shape index (κ1) is 21.4. The summed E-state index contributed by atoms with van der Waals surface area (Å²) < 4.78 is 5.79. The third-order valence-electron chi connectivity index (χ3n) is 5.91. The van der Waals surface area contributed by atoms with Crippen LogP contribution in [0.3, 0.4) is 0 Å². The molecule has 1 fully saturated rings. The molecule has 7 nitrogen and oxygen atoms in total. The van der Waals surface area contributed by atoms with E-state index in [0.717, 1.165) is 25.1 Å². The molecule has 3 heterocycles. The second kappa shape index (κ2) is 10.0. The van der Waals surface area contributed by atoms with E-state index >= 15 is 0 Å². The number of carbonyl (C=O) groups is 1. The van der Waals surface area contributed by atoms with E-state index in [0.29, 0.717) is 30.5 Å². The minimum absolute atomic E-state index is 0.0786. The number of carbonyl (C=O) groups excluding carboxylic acids is 1. The lowest BCUT2D eigenvalue weighted by Crippen LogP contribution is -2.38. The minimum Gasteiger partial charge on any atom is -0.478 e. The second-order valence-corrected chi connectivity index (χ2v) is 8.50. The number of fused-ring (bicyclic) bond motifs is 1. The van der Waals surface area contributed by atoms with Gasteiger partial charge in [-0.05, 0) is 43.5 Å². The van der Waals surface area contributed by atoms with Crippen molar-refractivity contribution in [1.82, 2.24) is 9.88 Å².